The Hall–Kier alpha value is -2.88. The number of hydrogen-bond acceptors (Lipinski definition) is 3. The fourth-order valence-electron chi connectivity index (χ4n) is 5.15. The minimum Gasteiger partial charge on any atom is -0.481 e. The predicted octanol–water partition coefficient (Wildman–Crippen LogP) is 9.48. The molecule has 3 aromatic rings. The van der Waals surface area contributed by atoms with Crippen LogP contribution in [0, 0.1) is 0 Å². The van der Waals surface area contributed by atoms with E-state index in [-0.39, 0.29) is 5.97 Å². The summed E-state index contributed by atoms with van der Waals surface area (Å²) in [6.45, 7) is 0.482. The van der Waals surface area contributed by atoms with Crippen molar-refractivity contribution in [1.29, 1.82) is 0 Å². The van der Waals surface area contributed by atoms with E-state index in [0.29, 0.717) is 18.6 Å². The largest absolute Gasteiger partial charge is 0.481 e. The van der Waals surface area contributed by atoms with Gasteiger partial charge in [-0.15, -0.1) is 0 Å². The molecule has 0 aliphatic rings. The first-order valence-corrected chi connectivity index (χ1v) is 14.5. The molecule has 0 amide bonds. The van der Waals surface area contributed by atoms with E-state index < -0.39 is 5.97 Å². The zero-order chi connectivity index (χ0) is 26.1. The van der Waals surface area contributed by atoms with Crippen molar-refractivity contribution in [3.05, 3.63) is 60.2 Å². The van der Waals surface area contributed by atoms with Crippen molar-refractivity contribution in [2.24, 2.45) is 0 Å². The maximum Gasteiger partial charge on any atom is 0.339 e. The third kappa shape index (κ3) is 10.2. The summed E-state index contributed by atoms with van der Waals surface area (Å²) in [5, 5.41) is 12.7. The van der Waals surface area contributed by atoms with E-state index >= 15 is 0 Å². The van der Waals surface area contributed by atoms with Gasteiger partial charge in [0.25, 0.3) is 0 Å². The van der Waals surface area contributed by atoms with Crippen LogP contribution in [0.4, 0.5) is 0 Å². The SMILES string of the molecule is O=C(O)CCCCCCCCCCCCCCCCCOC(=O)c1c2ccccc2cc2ccccc12. The molecule has 0 aliphatic carbocycles. The van der Waals surface area contributed by atoms with Gasteiger partial charge in [-0.25, -0.2) is 4.79 Å². The second kappa shape index (κ2) is 16.8. The molecule has 0 saturated carbocycles. The molecular weight excluding hydrogens is 460 g/mol. The molecule has 0 bridgehead atoms. The highest BCUT2D eigenvalue weighted by Crippen LogP contribution is 2.29. The van der Waals surface area contributed by atoms with Gasteiger partial charge in [0.05, 0.1) is 12.2 Å². The van der Waals surface area contributed by atoms with Crippen LogP contribution in [0.5, 0.6) is 0 Å². The molecule has 0 spiro atoms. The zero-order valence-corrected chi connectivity index (χ0v) is 22.4. The summed E-state index contributed by atoms with van der Waals surface area (Å²) < 4.78 is 5.71. The van der Waals surface area contributed by atoms with Gasteiger partial charge in [0.2, 0.25) is 0 Å². The van der Waals surface area contributed by atoms with Gasteiger partial charge in [-0.05, 0) is 40.5 Å². The smallest absolute Gasteiger partial charge is 0.339 e. The summed E-state index contributed by atoms with van der Waals surface area (Å²) in [5.41, 5.74) is 0.685. The maximum atomic E-state index is 13.0. The lowest BCUT2D eigenvalue weighted by molar-refractivity contribution is -0.137. The number of carboxylic acid groups (broad SMARTS) is 1. The van der Waals surface area contributed by atoms with Gasteiger partial charge in [0.1, 0.15) is 0 Å². The van der Waals surface area contributed by atoms with Gasteiger partial charge in [-0.1, -0.05) is 132 Å². The number of carboxylic acids is 1. The zero-order valence-electron chi connectivity index (χ0n) is 22.4. The second-order valence-electron chi connectivity index (χ2n) is 10.3. The molecule has 0 aliphatic heterocycles. The molecule has 3 aromatic carbocycles. The Bertz CT molecular complexity index is 1050. The summed E-state index contributed by atoms with van der Waals surface area (Å²) in [4.78, 5) is 23.5. The van der Waals surface area contributed by atoms with Crippen LogP contribution in [-0.2, 0) is 9.53 Å². The molecule has 0 heterocycles. The lowest BCUT2D eigenvalue weighted by atomic mass is 9.97. The molecule has 0 saturated heterocycles. The number of aliphatic carboxylic acids is 1. The summed E-state index contributed by atoms with van der Waals surface area (Å²) in [5.74, 6) is -0.890. The van der Waals surface area contributed by atoms with Gasteiger partial charge < -0.3 is 9.84 Å². The molecule has 200 valence electrons. The Morgan fingerprint density at radius 2 is 0.973 bits per heavy atom. The second-order valence-corrected chi connectivity index (χ2v) is 10.3. The summed E-state index contributed by atoms with van der Waals surface area (Å²) in [6.07, 6.45) is 18.3. The Morgan fingerprint density at radius 1 is 0.568 bits per heavy atom. The van der Waals surface area contributed by atoms with Gasteiger partial charge in [0.15, 0.2) is 0 Å². The van der Waals surface area contributed by atoms with Gasteiger partial charge in [0, 0.05) is 6.42 Å². The van der Waals surface area contributed by atoms with Crippen LogP contribution < -0.4 is 0 Å². The Labute approximate surface area is 222 Å². The van der Waals surface area contributed by atoms with E-state index in [4.69, 9.17) is 9.84 Å². The summed E-state index contributed by atoms with van der Waals surface area (Å²) in [6, 6.07) is 18.2. The highest BCUT2D eigenvalue weighted by molar-refractivity contribution is 6.16. The minimum absolute atomic E-state index is 0.216. The molecule has 0 atom stereocenters. The van der Waals surface area contributed by atoms with Crippen molar-refractivity contribution in [3.8, 4) is 0 Å². The number of esters is 1. The molecule has 4 nitrogen and oxygen atoms in total. The van der Waals surface area contributed by atoms with Gasteiger partial charge >= 0.3 is 11.9 Å². The van der Waals surface area contributed by atoms with Crippen molar-refractivity contribution in [2.75, 3.05) is 6.61 Å². The summed E-state index contributed by atoms with van der Waals surface area (Å²) in [7, 11) is 0. The third-order valence-electron chi connectivity index (χ3n) is 7.24. The number of unbranched alkanes of at least 4 members (excludes halogenated alkanes) is 14. The van der Waals surface area contributed by atoms with Crippen molar-refractivity contribution < 1.29 is 19.4 Å². The van der Waals surface area contributed by atoms with Gasteiger partial charge in [-0.2, -0.15) is 0 Å². The number of fused-ring (bicyclic) bond motifs is 2. The quantitative estimate of drug-likeness (QED) is 0.100. The topological polar surface area (TPSA) is 63.6 Å². The molecule has 37 heavy (non-hydrogen) atoms. The molecule has 4 heteroatoms. The monoisotopic (exact) mass is 504 g/mol. The van der Waals surface area contributed by atoms with E-state index in [2.05, 4.69) is 6.07 Å². The Balaban J connectivity index is 1.20. The average molecular weight is 505 g/mol. The fourth-order valence-corrected chi connectivity index (χ4v) is 5.15. The van der Waals surface area contributed by atoms with Crippen molar-refractivity contribution in [2.45, 2.75) is 103 Å². The molecular formula is C33H44O4. The van der Waals surface area contributed by atoms with E-state index in [1.54, 1.807) is 0 Å². The number of hydrogen-bond donors (Lipinski definition) is 1. The minimum atomic E-state index is -0.674. The number of rotatable bonds is 19. The molecule has 3 rings (SSSR count). The first-order chi connectivity index (χ1) is 18.2. The first kappa shape index (κ1) is 28.7. The number of ether oxygens (including phenoxy) is 1. The number of carbonyl (C=O) groups is 2. The van der Waals surface area contributed by atoms with Crippen LogP contribution in [0.15, 0.2) is 54.6 Å². The van der Waals surface area contributed by atoms with Crippen molar-refractivity contribution in [1.82, 2.24) is 0 Å². The fraction of sp³-hybridized carbons (Fsp3) is 0.515. The standard InChI is InChI=1S/C33H44O4/c34-31(35)24-14-12-10-8-6-4-2-1-3-5-7-9-11-13-19-25-37-33(36)32-29-22-17-15-20-27(29)26-28-21-16-18-23-30(28)32/h15-18,20-23,26H,1-14,19,24-25H2,(H,34,35). The first-order valence-electron chi connectivity index (χ1n) is 14.5. The highest BCUT2D eigenvalue weighted by atomic mass is 16.5. The van der Waals surface area contributed by atoms with Crippen LogP contribution in [0.1, 0.15) is 113 Å². The van der Waals surface area contributed by atoms with E-state index in [1.807, 2.05) is 48.5 Å². The lowest BCUT2D eigenvalue weighted by Crippen LogP contribution is -2.08. The lowest BCUT2D eigenvalue weighted by Gasteiger charge is -2.11. The summed E-state index contributed by atoms with van der Waals surface area (Å²) >= 11 is 0. The molecule has 1 N–H and O–H groups in total. The third-order valence-corrected chi connectivity index (χ3v) is 7.24. The average Bonchev–Trinajstić information content (AvgIpc) is 2.90. The van der Waals surface area contributed by atoms with Gasteiger partial charge in [-0.3, -0.25) is 4.79 Å². The van der Waals surface area contributed by atoms with E-state index in [9.17, 15) is 9.59 Å². The molecule has 0 unspecified atom stereocenters. The van der Waals surface area contributed by atoms with E-state index in [0.717, 1.165) is 47.2 Å². The van der Waals surface area contributed by atoms with Crippen LogP contribution in [0.3, 0.4) is 0 Å². The van der Waals surface area contributed by atoms with Crippen LogP contribution in [0.25, 0.3) is 21.5 Å². The Kier molecular flexibility index (Phi) is 13.0. The molecule has 0 aromatic heterocycles. The molecule has 0 radical (unpaired) electrons. The highest BCUT2D eigenvalue weighted by Gasteiger charge is 2.16. The van der Waals surface area contributed by atoms with Crippen molar-refractivity contribution >= 4 is 33.5 Å². The van der Waals surface area contributed by atoms with Crippen molar-refractivity contribution in [3.63, 3.8) is 0 Å². The van der Waals surface area contributed by atoms with Crippen LogP contribution in [-0.4, -0.2) is 23.7 Å². The maximum absolute atomic E-state index is 13.0. The van der Waals surface area contributed by atoms with Crippen LogP contribution in [0.2, 0.25) is 0 Å². The number of benzene rings is 3. The van der Waals surface area contributed by atoms with E-state index in [1.165, 1.54) is 70.6 Å². The predicted molar refractivity (Wildman–Crippen MR) is 153 cm³/mol. The van der Waals surface area contributed by atoms with Crippen LogP contribution >= 0.6 is 0 Å². The molecule has 0 fully saturated rings. The number of carbonyl (C=O) groups excluding carboxylic acids is 1. The normalized spacial score (nSPS) is 11.2. The Morgan fingerprint density at radius 3 is 1.43 bits per heavy atom.